The van der Waals surface area contributed by atoms with Crippen molar-refractivity contribution in [3.8, 4) is 0 Å². The summed E-state index contributed by atoms with van der Waals surface area (Å²) in [6, 6.07) is 4.19. The van der Waals surface area contributed by atoms with Gasteiger partial charge < -0.3 is 15.7 Å². The molecule has 0 atom stereocenters. The maximum absolute atomic E-state index is 11.9. The molecule has 0 fully saturated rings. The predicted octanol–water partition coefficient (Wildman–Crippen LogP) is 3.23. The monoisotopic (exact) mass is 369 g/mol. The predicted molar refractivity (Wildman–Crippen MR) is 83.8 cm³/mol. The van der Waals surface area contributed by atoms with E-state index in [2.05, 4.69) is 31.5 Å². The highest BCUT2D eigenvalue weighted by atomic mass is 79.9. The minimum atomic E-state index is -1.11. The quantitative estimate of drug-likeness (QED) is 0.771. The fourth-order valence-electron chi connectivity index (χ4n) is 1.63. The van der Waals surface area contributed by atoms with Gasteiger partial charge in [-0.3, -0.25) is 0 Å². The first-order valence-corrected chi connectivity index (χ1v) is 7.56. The van der Waals surface area contributed by atoms with Gasteiger partial charge in [-0.15, -0.1) is 11.3 Å². The molecule has 2 amide bonds. The molecular formula is C13H12BrN3O3S. The van der Waals surface area contributed by atoms with Gasteiger partial charge in [0.2, 0.25) is 0 Å². The van der Waals surface area contributed by atoms with Gasteiger partial charge in [-0.25, -0.2) is 14.6 Å². The Bertz CT molecular complexity index is 687. The standard InChI is InChI=1S/C13H12BrN3O3S/c1-7-5-15-10(21-7)6-16-13(20)17-11-8(12(18)19)3-2-4-9(11)14/h2-5H,6H2,1H3,(H,18,19)(H2,16,17,20). The van der Waals surface area contributed by atoms with Crippen molar-refractivity contribution in [1.29, 1.82) is 0 Å². The molecule has 110 valence electrons. The molecule has 1 heterocycles. The molecule has 2 aromatic rings. The van der Waals surface area contributed by atoms with Crippen LogP contribution in [0.2, 0.25) is 0 Å². The SMILES string of the molecule is Cc1cnc(CNC(=O)Nc2c(Br)cccc2C(=O)O)s1. The van der Waals surface area contributed by atoms with Crippen molar-refractivity contribution in [3.05, 3.63) is 44.3 Å². The number of aromatic carboxylic acids is 1. The van der Waals surface area contributed by atoms with E-state index >= 15 is 0 Å². The normalized spacial score (nSPS) is 10.2. The summed E-state index contributed by atoms with van der Waals surface area (Å²) in [5.74, 6) is -1.11. The van der Waals surface area contributed by atoms with Crippen LogP contribution in [0, 0.1) is 6.92 Å². The number of nitrogens with one attached hydrogen (secondary N) is 2. The van der Waals surface area contributed by atoms with E-state index in [1.54, 1.807) is 18.3 Å². The lowest BCUT2D eigenvalue weighted by molar-refractivity contribution is 0.0698. The van der Waals surface area contributed by atoms with Crippen LogP contribution in [0.1, 0.15) is 20.2 Å². The lowest BCUT2D eigenvalue weighted by atomic mass is 10.2. The number of urea groups is 1. The number of nitrogens with zero attached hydrogens (tertiary/aromatic N) is 1. The molecule has 0 spiro atoms. The fourth-order valence-corrected chi connectivity index (χ4v) is 2.82. The Morgan fingerprint density at radius 2 is 2.19 bits per heavy atom. The molecule has 6 nitrogen and oxygen atoms in total. The van der Waals surface area contributed by atoms with Crippen molar-refractivity contribution >= 4 is 45.0 Å². The van der Waals surface area contributed by atoms with Crippen molar-refractivity contribution in [2.24, 2.45) is 0 Å². The van der Waals surface area contributed by atoms with Gasteiger partial charge in [0.05, 0.1) is 17.8 Å². The van der Waals surface area contributed by atoms with Crippen LogP contribution in [0.5, 0.6) is 0 Å². The lowest BCUT2D eigenvalue weighted by Gasteiger charge is -2.11. The number of carbonyl (C=O) groups excluding carboxylic acids is 1. The number of para-hydroxylation sites is 1. The third kappa shape index (κ3) is 4.02. The highest BCUT2D eigenvalue weighted by Gasteiger charge is 2.15. The first kappa shape index (κ1) is 15.5. The minimum Gasteiger partial charge on any atom is -0.478 e. The Kier molecular flexibility index (Phi) is 4.92. The number of aromatic nitrogens is 1. The van der Waals surface area contributed by atoms with Crippen molar-refractivity contribution in [1.82, 2.24) is 10.3 Å². The number of rotatable bonds is 4. The molecular weight excluding hydrogens is 358 g/mol. The molecule has 2 rings (SSSR count). The van der Waals surface area contributed by atoms with Gasteiger partial charge in [0.1, 0.15) is 5.01 Å². The molecule has 21 heavy (non-hydrogen) atoms. The molecule has 0 bridgehead atoms. The Morgan fingerprint density at radius 3 is 2.81 bits per heavy atom. The third-order valence-corrected chi connectivity index (χ3v) is 4.13. The van der Waals surface area contributed by atoms with Gasteiger partial charge in [0.25, 0.3) is 0 Å². The molecule has 1 aromatic carbocycles. The van der Waals surface area contributed by atoms with Crippen molar-refractivity contribution in [3.63, 3.8) is 0 Å². The summed E-state index contributed by atoms with van der Waals surface area (Å²) in [5.41, 5.74) is 0.238. The second kappa shape index (κ2) is 6.68. The van der Waals surface area contributed by atoms with E-state index in [1.807, 2.05) is 6.92 Å². The number of thiazole rings is 1. The van der Waals surface area contributed by atoms with Crippen molar-refractivity contribution < 1.29 is 14.7 Å². The Hall–Kier alpha value is -1.93. The summed E-state index contributed by atoms with van der Waals surface area (Å²) in [4.78, 5) is 28.2. The second-order valence-corrected chi connectivity index (χ2v) is 6.31. The van der Waals surface area contributed by atoms with E-state index in [4.69, 9.17) is 5.11 Å². The number of anilines is 1. The summed E-state index contributed by atoms with van der Waals surface area (Å²) in [6.45, 7) is 2.22. The number of carboxylic acid groups (broad SMARTS) is 1. The molecule has 0 aliphatic rings. The summed E-state index contributed by atoms with van der Waals surface area (Å²) >= 11 is 4.72. The number of benzene rings is 1. The van der Waals surface area contributed by atoms with E-state index in [9.17, 15) is 9.59 Å². The molecule has 0 aliphatic carbocycles. The van der Waals surface area contributed by atoms with E-state index < -0.39 is 12.0 Å². The van der Waals surface area contributed by atoms with Gasteiger partial charge in [-0.05, 0) is 35.0 Å². The molecule has 0 saturated heterocycles. The van der Waals surface area contributed by atoms with Crippen LogP contribution in [0.15, 0.2) is 28.9 Å². The summed E-state index contributed by atoms with van der Waals surface area (Å²) in [5, 5.41) is 15.1. The van der Waals surface area contributed by atoms with Crippen LogP contribution >= 0.6 is 27.3 Å². The number of amides is 2. The van der Waals surface area contributed by atoms with Crippen LogP contribution in [-0.4, -0.2) is 22.1 Å². The molecule has 0 aliphatic heterocycles. The molecule has 8 heteroatoms. The summed E-state index contributed by atoms with van der Waals surface area (Å²) < 4.78 is 0.502. The lowest BCUT2D eigenvalue weighted by Crippen LogP contribution is -2.29. The molecule has 0 saturated carbocycles. The number of aryl methyl sites for hydroxylation is 1. The number of carboxylic acids is 1. The van der Waals surface area contributed by atoms with Gasteiger partial charge in [0, 0.05) is 15.5 Å². The second-order valence-electron chi connectivity index (χ2n) is 4.14. The van der Waals surface area contributed by atoms with Crippen LogP contribution in [-0.2, 0) is 6.54 Å². The van der Waals surface area contributed by atoms with Crippen LogP contribution in [0.3, 0.4) is 0 Å². The highest BCUT2D eigenvalue weighted by molar-refractivity contribution is 9.10. The molecule has 3 N–H and O–H groups in total. The summed E-state index contributed by atoms with van der Waals surface area (Å²) in [6.07, 6.45) is 1.73. The molecule has 1 aromatic heterocycles. The van der Waals surface area contributed by atoms with Crippen LogP contribution in [0.4, 0.5) is 10.5 Å². The third-order valence-electron chi connectivity index (χ3n) is 2.55. The Balaban J connectivity index is 2.04. The number of hydrogen-bond acceptors (Lipinski definition) is 4. The molecule has 0 unspecified atom stereocenters. The van der Waals surface area contributed by atoms with Crippen molar-refractivity contribution in [2.45, 2.75) is 13.5 Å². The zero-order valence-corrected chi connectivity index (χ0v) is 13.4. The topological polar surface area (TPSA) is 91.3 Å². The average Bonchev–Trinajstić information content (AvgIpc) is 2.84. The maximum atomic E-state index is 11.9. The van der Waals surface area contributed by atoms with Gasteiger partial charge in [-0.1, -0.05) is 6.07 Å². The average molecular weight is 370 g/mol. The minimum absolute atomic E-state index is 0.0182. The van der Waals surface area contributed by atoms with Gasteiger partial charge in [0.15, 0.2) is 0 Å². The largest absolute Gasteiger partial charge is 0.478 e. The smallest absolute Gasteiger partial charge is 0.337 e. The first-order chi connectivity index (χ1) is 9.97. The Morgan fingerprint density at radius 1 is 1.43 bits per heavy atom. The van der Waals surface area contributed by atoms with E-state index in [1.165, 1.54) is 17.4 Å². The first-order valence-electron chi connectivity index (χ1n) is 5.95. The van der Waals surface area contributed by atoms with E-state index in [-0.39, 0.29) is 17.8 Å². The van der Waals surface area contributed by atoms with Crippen LogP contribution in [0.25, 0.3) is 0 Å². The van der Waals surface area contributed by atoms with E-state index in [0.29, 0.717) is 4.47 Å². The fraction of sp³-hybridized carbons (Fsp3) is 0.154. The zero-order valence-electron chi connectivity index (χ0n) is 11.0. The zero-order chi connectivity index (χ0) is 15.4. The summed E-state index contributed by atoms with van der Waals surface area (Å²) in [7, 11) is 0. The maximum Gasteiger partial charge on any atom is 0.337 e. The van der Waals surface area contributed by atoms with Gasteiger partial charge >= 0.3 is 12.0 Å². The number of halogens is 1. The highest BCUT2D eigenvalue weighted by Crippen LogP contribution is 2.26. The van der Waals surface area contributed by atoms with Gasteiger partial charge in [-0.2, -0.15) is 0 Å². The van der Waals surface area contributed by atoms with E-state index in [0.717, 1.165) is 9.88 Å². The Labute approximate surface area is 133 Å². The van der Waals surface area contributed by atoms with Crippen molar-refractivity contribution in [2.75, 3.05) is 5.32 Å². The number of hydrogen-bond donors (Lipinski definition) is 3. The van der Waals surface area contributed by atoms with Crippen LogP contribution < -0.4 is 10.6 Å². The molecule has 0 radical (unpaired) electrons. The number of carbonyl (C=O) groups is 2.